The Kier molecular flexibility index (Phi) is 4.19. The monoisotopic (exact) mass is 279 g/mol. The number of hydrogen-bond donors (Lipinski definition) is 1. The molecule has 0 aliphatic carbocycles. The minimum absolute atomic E-state index is 0.797. The Balaban J connectivity index is 1.69. The van der Waals surface area contributed by atoms with Crippen molar-refractivity contribution in [1.82, 2.24) is 5.32 Å². The lowest BCUT2D eigenvalue weighted by Gasteiger charge is -2.03. The van der Waals surface area contributed by atoms with Crippen LogP contribution in [-0.4, -0.2) is 6.54 Å². The lowest BCUT2D eigenvalue weighted by Crippen LogP contribution is -2.16. The molecule has 1 aromatic carbocycles. The molecule has 0 amide bonds. The van der Waals surface area contributed by atoms with Crippen molar-refractivity contribution >= 4 is 15.9 Å². The highest BCUT2D eigenvalue weighted by Gasteiger charge is 1.98. The smallest absolute Gasteiger partial charge is 0.169 e. The topological polar surface area (TPSA) is 25.2 Å². The van der Waals surface area contributed by atoms with Crippen LogP contribution >= 0.6 is 15.9 Å². The third kappa shape index (κ3) is 3.51. The van der Waals surface area contributed by atoms with Crippen molar-refractivity contribution in [2.45, 2.75) is 13.0 Å². The van der Waals surface area contributed by atoms with Crippen LogP contribution < -0.4 is 5.32 Å². The molecule has 1 heterocycles. The zero-order chi connectivity index (χ0) is 11.2. The van der Waals surface area contributed by atoms with Crippen LogP contribution in [0.3, 0.4) is 0 Å². The van der Waals surface area contributed by atoms with Gasteiger partial charge in [-0.3, -0.25) is 0 Å². The second kappa shape index (κ2) is 5.87. The van der Waals surface area contributed by atoms with Gasteiger partial charge in [-0.2, -0.15) is 0 Å². The van der Waals surface area contributed by atoms with Gasteiger partial charge in [0.25, 0.3) is 0 Å². The Labute approximate surface area is 104 Å². The molecule has 3 heteroatoms. The van der Waals surface area contributed by atoms with Gasteiger partial charge in [-0.15, -0.1) is 0 Å². The molecule has 0 aliphatic heterocycles. The van der Waals surface area contributed by atoms with Crippen LogP contribution in [0.15, 0.2) is 51.6 Å². The molecule has 0 spiro atoms. The summed E-state index contributed by atoms with van der Waals surface area (Å²) in [6.45, 7) is 1.83. The van der Waals surface area contributed by atoms with Crippen LogP contribution in [0, 0.1) is 0 Å². The first-order valence-electron chi connectivity index (χ1n) is 5.33. The quantitative estimate of drug-likeness (QED) is 0.849. The van der Waals surface area contributed by atoms with Crippen molar-refractivity contribution < 1.29 is 4.42 Å². The van der Waals surface area contributed by atoms with Gasteiger partial charge in [0.1, 0.15) is 5.76 Å². The average molecular weight is 280 g/mol. The summed E-state index contributed by atoms with van der Waals surface area (Å²) in [6.07, 6.45) is 0.915. The Morgan fingerprint density at radius 1 is 1.06 bits per heavy atom. The van der Waals surface area contributed by atoms with Gasteiger partial charge in [-0.05, 0) is 33.6 Å². The summed E-state index contributed by atoms with van der Waals surface area (Å²) in [5.41, 5.74) is 1.31. The molecule has 0 atom stereocenters. The number of halogens is 1. The third-order valence-corrected chi connectivity index (χ3v) is 2.78. The van der Waals surface area contributed by atoms with Gasteiger partial charge in [-0.1, -0.05) is 30.3 Å². The highest BCUT2D eigenvalue weighted by molar-refractivity contribution is 9.10. The standard InChI is InChI=1S/C13H14BrNO/c14-13-7-6-12(16-13)8-9-15-10-11-4-2-1-3-5-11/h1-7,15H,8-10H2. The maximum absolute atomic E-state index is 5.41. The van der Waals surface area contributed by atoms with E-state index in [9.17, 15) is 0 Å². The Bertz CT molecular complexity index is 425. The summed E-state index contributed by atoms with van der Waals surface area (Å²) in [6, 6.07) is 14.3. The first kappa shape index (κ1) is 11.4. The molecule has 0 saturated carbocycles. The fourth-order valence-electron chi connectivity index (χ4n) is 1.53. The first-order valence-corrected chi connectivity index (χ1v) is 6.13. The van der Waals surface area contributed by atoms with Gasteiger partial charge in [0.15, 0.2) is 4.67 Å². The van der Waals surface area contributed by atoms with Crippen LogP contribution in [0.25, 0.3) is 0 Å². The van der Waals surface area contributed by atoms with E-state index in [1.54, 1.807) is 0 Å². The van der Waals surface area contributed by atoms with E-state index in [2.05, 4.69) is 45.5 Å². The predicted octanol–water partition coefficient (Wildman–Crippen LogP) is 3.37. The van der Waals surface area contributed by atoms with Crippen molar-refractivity contribution in [2.24, 2.45) is 0 Å². The van der Waals surface area contributed by atoms with Gasteiger partial charge in [-0.25, -0.2) is 0 Å². The molecule has 0 unspecified atom stereocenters. The zero-order valence-electron chi connectivity index (χ0n) is 8.95. The van der Waals surface area contributed by atoms with E-state index in [0.717, 1.165) is 29.9 Å². The van der Waals surface area contributed by atoms with Crippen LogP contribution in [0.4, 0.5) is 0 Å². The molecule has 0 saturated heterocycles. The summed E-state index contributed by atoms with van der Waals surface area (Å²) in [5.74, 6) is 1.01. The lowest BCUT2D eigenvalue weighted by atomic mass is 10.2. The van der Waals surface area contributed by atoms with Crippen molar-refractivity contribution in [3.05, 3.63) is 58.5 Å². The van der Waals surface area contributed by atoms with Gasteiger partial charge in [0.2, 0.25) is 0 Å². The molecule has 0 radical (unpaired) electrons. The summed E-state index contributed by atoms with van der Waals surface area (Å²) < 4.78 is 6.21. The average Bonchev–Trinajstić information content (AvgIpc) is 2.72. The normalized spacial score (nSPS) is 10.6. The second-order valence-corrected chi connectivity index (χ2v) is 4.40. The predicted molar refractivity (Wildman–Crippen MR) is 68.3 cm³/mol. The Morgan fingerprint density at radius 2 is 1.88 bits per heavy atom. The third-order valence-electron chi connectivity index (χ3n) is 2.35. The molecule has 84 valence electrons. The van der Waals surface area contributed by atoms with E-state index in [4.69, 9.17) is 4.42 Å². The molecular formula is C13H14BrNO. The zero-order valence-corrected chi connectivity index (χ0v) is 10.5. The van der Waals surface area contributed by atoms with Crippen LogP contribution in [0.2, 0.25) is 0 Å². The highest BCUT2D eigenvalue weighted by Crippen LogP contribution is 2.13. The number of furan rings is 1. The summed E-state index contributed by atoms with van der Waals surface area (Å²) in [5, 5.41) is 3.38. The molecule has 0 aliphatic rings. The van der Waals surface area contributed by atoms with E-state index in [0.29, 0.717) is 0 Å². The number of rotatable bonds is 5. The molecule has 2 nitrogen and oxygen atoms in total. The van der Waals surface area contributed by atoms with E-state index < -0.39 is 0 Å². The largest absolute Gasteiger partial charge is 0.454 e. The fraction of sp³-hybridized carbons (Fsp3) is 0.231. The molecular weight excluding hydrogens is 266 g/mol. The summed E-state index contributed by atoms with van der Waals surface area (Å²) in [7, 11) is 0. The van der Waals surface area contributed by atoms with Crippen molar-refractivity contribution in [3.63, 3.8) is 0 Å². The van der Waals surface area contributed by atoms with Gasteiger partial charge in [0.05, 0.1) is 0 Å². The van der Waals surface area contributed by atoms with Gasteiger partial charge >= 0.3 is 0 Å². The fourth-order valence-corrected chi connectivity index (χ4v) is 1.87. The van der Waals surface area contributed by atoms with Crippen LogP contribution in [0.1, 0.15) is 11.3 Å². The lowest BCUT2D eigenvalue weighted by molar-refractivity contribution is 0.479. The molecule has 1 N–H and O–H groups in total. The van der Waals surface area contributed by atoms with Crippen LogP contribution in [0.5, 0.6) is 0 Å². The second-order valence-electron chi connectivity index (χ2n) is 3.62. The van der Waals surface area contributed by atoms with E-state index in [1.165, 1.54) is 5.56 Å². The number of benzene rings is 1. The molecule has 1 aromatic heterocycles. The SMILES string of the molecule is Brc1ccc(CCNCc2ccccc2)o1. The summed E-state index contributed by atoms with van der Waals surface area (Å²) in [4.78, 5) is 0. The number of hydrogen-bond acceptors (Lipinski definition) is 2. The van der Waals surface area contributed by atoms with E-state index in [-0.39, 0.29) is 0 Å². The molecule has 0 fully saturated rings. The summed E-state index contributed by atoms with van der Waals surface area (Å²) >= 11 is 3.29. The maximum Gasteiger partial charge on any atom is 0.169 e. The maximum atomic E-state index is 5.41. The van der Waals surface area contributed by atoms with Gasteiger partial charge in [0, 0.05) is 19.5 Å². The molecule has 2 rings (SSSR count). The molecule has 16 heavy (non-hydrogen) atoms. The molecule has 0 bridgehead atoms. The van der Waals surface area contributed by atoms with Gasteiger partial charge < -0.3 is 9.73 Å². The van der Waals surface area contributed by atoms with E-state index in [1.807, 2.05) is 18.2 Å². The van der Waals surface area contributed by atoms with Crippen LogP contribution in [-0.2, 0) is 13.0 Å². The van der Waals surface area contributed by atoms with E-state index >= 15 is 0 Å². The highest BCUT2D eigenvalue weighted by atomic mass is 79.9. The number of nitrogens with one attached hydrogen (secondary N) is 1. The van der Waals surface area contributed by atoms with Crippen molar-refractivity contribution in [3.8, 4) is 0 Å². The van der Waals surface area contributed by atoms with Crippen molar-refractivity contribution in [2.75, 3.05) is 6.54 Å². The Morgan fingerprint density at radius 3 is 2.56 bits per heavy atom. The Hall–Kier alpha value is -1.06. The molecule has 2 aromatic rings. The van der Waals surface area contributed by atoms with Crippen molar-refractivity contribution in [1.29, 1.82) is 0 Å². The first-order chi connectivity index (χ1) is 7.84. The minimum Gasteiger partial charge on any atom is -0.454 e. The minimum atomic E-state index is 0.797.